The largest absolute Gasteiger partial charge is 0.384 e. The van der Waals surface area contributed by atoms with Crippen LogP contribution in [0.15, 0.2) is 48.5 Å². The van der Waals surface area contributed by atoms with E-state index in [9.17, 15) is 0 Å². The molecule has 0 saturated heterocycles. The number of ether oxygens (including phenoxy) is 1. The number of halogens is 2. The van der Waals surface area contributed by atoms with Crippen molar-refractivity contribution in [3.8, 4) is 0 Å². The summed E-state index contributed by atoms with van der Waals surface area (Å²) in [5, 5.41) is 8.21. The van der Waals surface area contributed by atoms with E-state index in [0.29, 0.717) is 23.8 Å². The van der Waals surface area contributed by atoms with Crippen molar-refractivity contribution in [2.75, 3.05) is 0 Å². The van der Waals surface area contributed by atoms with E-state index in [-0.39, 0.29) is 18.2 Å². The van der Waals surface area contributed by atoms with Gasteiger partial charge in [0.15, 0.2) is 0 Å². The first-order chi connectivity index (χ1) is 9.18. The maximum absolute atomic E-state index is 7.51. The number of nitrogens with one attached hydrogen (secondary N) is 1. The van der Waals surface area contributed by atoms with Gasteiger partial charge in [0.05, 0.1) is 13.2 Å². The van der Waals surface area contributed by atoms with E-state index >= 15 is 0 Å². The summed E-state index contributed by atoms with van der Waals surface area (Å²) < 4.78 is 5.64. The van der Waals surface area contributed by atoms with Crippen molar-refractivity contribution in [2.24, 2.45) is 5.73 Å². The summed E-state index contributed by atoms with van der Waals surface area (Å²) in [7, 11) is 0. The van der Waals surface area contributed by atoms with Crippen LogP contribution in [-0.4, -0.2) is 5.84 Å². The molecule has 0 aromatic heterocycles. The molecule has 2 aromatic carbocycles. The highest BCUT2D eigenvalue weighted by molar-refractivity contribution is 6.31. The number of nitrogen functional groups attached to an aromatic ring is 1. The normalized spacial score (nSPS) is 9.85. The van der Waals surface area contributed by atoms with E-state index < -0.39 is 0 Å². The van der Waals surface area contributed by atoms with Crippen LogP contribution in [0.4, 0.5) is 0 Å². The van der Waals surface area contributed by atoms with Crippen molar-refractivity contribution >= 4 is 29.8 Å². The minimum absolute atomic E-state index is 0. The second-order valence-corrected chi connectivity index (χ2v) is 4.56. The predicted octanol–water partition coefficient (Wildman–Crippen LogP) is 3.76. The summed E-state index contributed by atoms with van der Waals surface area (Å²) in [6, 6.07) is 15.1. The quantitative estimate of drug-likeness (QED) is 0.652. The van der Waals surface area contributed by atoms with Crippen molar-refractivity contribution in [1.29, 1.82) is 5.41 Å². The zero-order valence-corrected chi connectivity index (χ0v) is 12.4. The SMILES string of the molecule is Cl.N=C(N)c1ccccc1COCc1ccccc1Cl. The molecule has 0 spiro atoms. The van der Waals surface area contributed by atoms with E-state index in [4.69, 9.17) is 27.5 Å². The molecule has 2 rings (SSSR count). The van der Waals surface area contributed by atoms with Crippen molar-refractivity contribution in [3.63, 3.8) is 0 Å². The molecule has 2 aromatic rings. The minimum atomic E-state index is 0. The molecule has 0 radical (unpaired) electrons. The first kappa shape index (κ1) is 16.5. The van der Waals surface area contributed by atoms with Gasteiger partial charge in [-0.15, -0.1) is 12.4 Å². The number of hydrogen-bond acceptors (Lipinski definition) is 2. The lowest BCUT2D eigenvalue weighted by Crippen LogP contribution is -2.14. The summed E-state index contributed by atoms with van der Waals surface area (Å²) in [6.07, 6.45) is 0. The van der Waals surface area contributed by atoms with Gasteiger partial charge in [-0.05, 0) is 17.2 Å². The Kier molecular flexibility index (Phi) is 6.52. The molecule has 0 unspecified atom stereocenters. The van der Waals surface area contributed by atoms with Crippen LogP contribution in [0.1, 0.15) is 16.7 Å². The summed E-state index contributed by atoms with van der Waals surface area (Å²) in [4.78, 5) is 0. The summed E-state index contributed by atoms with van der Waals surface area (Å²) in [5.74, 6) is 0.0527. The lowest BCUT2D eigenvalue weighted by Gasteiger charge is -2.09. The van der Waals surface area contributed by atoms with Gasteiger partial charge in [-0.3, -0.25) is 5.41 Å². The van der Waals surface area contributed by atoms with Crippen LogP contribution in [-0.2, 0) is 18.0 Å². The van der Waals surface area contributed by atoms with Gasteiger partial charge < -0.3 is 10.5 Å². The summed E-state index contributed by atoms with van der Waals surface area (Å²) in [5.41, 5.74) is 8.09. The monoisotopic (exact) mass is 310 g/mol. The highest BCUT2D eigenvalue weighted by atomic mass is 35.5. The van der Waals surface area contributed by atoms with Gasteiger partial charge in [-0.25, -0.2) is 0 Å². The van der Waals surface area contributed by atoms with Gasteiger partial charge in [0, 0.05) is 10.6 Å². The number of benzene rings is 2. The maximum Gasteiger partial charge on any atom is 0.123 e. The molecule has 0 atom stereocenters. The average molecular weight is 311 g/mol. The topological polar surface area (TPSA) is 59.1 Å². The zero-order valence-electron chi connectivity index (χ0n) is 10.8. The molecule has 20 heavy (non-hydrogen) atoms. The Hall–Kier alpha value is -1.55. The first-order valence-corrected chi connectivity index (χ1v) is 6.29. The van der Waals surface area contributed by atoms with Crippen LogP contribution < -0.4 is 5.73 Å². The van der Waals surface area contributed by atoms with E-state index in [1.807, 2.05) is 48.5 Å². The molecule has 0 heterocycles. The fourth-order valence-corrected chi connectivity index (χ4v) is 1.99. The van der Waals surface area contributed by atoms with Crippen LogP contribution in [0.5, 0.6) is 0 Å². The molecular weight excluding hydrogens is 295 g/mol. The third-order valence-corrected chi connectivity index (χ3v) is 3.15. The van der Waals surface area contributed by atoms with Crippen LogP contribution in [0.3, 0.4) is 0 Å². The smallest absolute Gasteiger partial charge is 0.123 e. The third kappa shape index (κ3) is 4.23. The van der Waals surface area contributed by atoms with Gasteiger partial charge in [0.1, 0.15) is 5.84 Å². The van der Waals surface area contributed by atoms with Gasteiger partial charge >= 0.3 is 0 Å². The summed E-state index contributed by atoms with van der Waals surface area (Å²) >= 11 is 6.05. The molecule has 0 saturated carbocycles. The molecule has 0 aliphatic heterocycles. The predicted molar refractivity (Wildman–Crippen MR) is 84.7 cm³/mol. The van der Waals surface area contributed by atoms with Gasteiger partial charge in [-0.1, -0.05) is 54.1 Å². The summed E-state index contributed by atoms with van der Waals surface area (Å²) in [6.45, 7) is 0.840. The molecule has 0 bridgehead atoms. The minimum Gasteiger partial charge on any atom is -0.384 e. The Labute approximate surface area is 129 Å². The average Bonchev–Trinajstić information content (AvgIpc) is 2.41. The second kappa shape index (κ2) is 7.90. The molecule has 5 heteroatoms. The van der Waals surface area contributed by atoms with Gasteiger partial charge in [0.25, 0.3) is 0 Å². The molecule has 0 aliphatic rings. The Morgan fingerprint density at radius 1 is 1.00 bits per heavy atom. The van der Waals surface area contributed by atoms with Crippen molar-refractivity contribution < 1.29 is 4.74 Å². The number of rotatable bonds is 5. The van der Waals surface area contributed by atoms with E-state index in [1.54, 1.807) is 0 Å². The Morgan fingerprint density at radius 2 is 1.55 bits per heavy atom. The second-order valence-electron chi connectivity index (χ2n) is 4.16. The molecule has 106 valence electrons. The van der Waals surface area contributed by atoms with Crippen molar-refractivity contribution in [1.82, 2.24) is 0 Å². The maximum atomic E-state index is 7.51. The fraction of sp³-hybridized carbons (Fsp3) is 0.133. The van der Waals surface area contributed by atoms with Crippen molar-refractivity contribution in [2.45, 2.75) is 13.2 Å². The highest BCUT2D eigenvalue weighted by Gasteiger charge is 2.05. The lowest BCUT2D eigenvalue weighted by molar-refractivity contribution is 0.107. The number of amidine groups is 1. The number of hydrogen-bond donors (Lipinski definition) is 2. The first-order valence-electron chi connectivity index (χ1n) is 5.92. The van der Waals surface area contributed by atoms with E-state index in [0.717, 1.165) is 11.1 Å². The van der Waals surface area contributed by atoms with E-state index in [2.05, 4.69) is 0 Å². The Bertz CT molecular complexity index is 588. The molecule has 0 amide bonds. The van der Waals surface area contributed by atoms with Gasteiger partial charge in [0.2, 0.25) is 0 Å². The molecule has 0 aliphatic carbocycles. The van der Waals surface area contributed by atoms with Gasteiger partial charge in [-0.2, -0.15) is 0 Å². The van der Waals surface area contributed by atoms with Crippen LogP contribution in [0.25, 0.3) is 0 Å². The van der Waals surface area contributed by atoms with Crippen LogP contribution in [0.2, 0.25) is 5.02 Å². The van der Waals surface area contributed by atoms with Crippen LogP contribution in [0, 0.1) is 5.41 Å². The molecule has 0 fully saturated rings. The Morgan fingerprint density at radius 3 is 2.20 bits per heavy atom. The third-order valence-electron chi connectivity index (χ3n) is 2.78. The molecule has 3 nitrogen and oxygen atoms in total. The van der Waals surface area contributed by atoms with E-state index in [1.165, 1.54) is 0 Å². The fourth-order valence-electron chi connectivity index (χ4n) is 1.80. The highest BCUT2D eigenvalue weighted by Crippen LogP contribution is 2.17. The Balaban J connectivity index is 0.00000200. The molecule has 3 N–H and O–H groups in total. The standard InChI is InChI=1S/C15H15ClN2O.ClH/c16-14-8-4-2-6-12(14)10-19-9-11-5-1-3-7-13(11)15(17)18;/h1-8H,9-10H2,(H3,17,18);1H. The number of nitrogens with two attached hydrogens (primary N) is 1. The zero-order chi connectivity index (χ0) is 13.7. The van der Waals surface area contributed by atoms with Crippen LogP contribution >= 0.6 is 24.0 Å². The van der Waals surface area contributed by atoms with Crippen molar-refractivity contribution in [3.05, 3.63) is 70.2 Å². The molecular formula is C15H16Cl2N2O. The lowest BCUT2D eigenvalue weighted by atomic mass is 10.1.